The lowest BCUT2D eigenvalue weighted by Crippen LogP contribution is -2.47. The van der Waals surface area contributed by atoms with Gasteiger partial charge in [0.05, 0.1) is 0 Å². The lowest BCUT2D eigenvalue weighted by molar-refractivity contribution is -0.150. The van der Waals surface area contributed by atoms with Crippen molar-refractivity contribution in [1.29, 1.82) is 0 Å². The highest BCUT2D eigenvalue weighted by atomic mass is 16.4. The van der Waals surface area contributed by atoms with Crippen LogP contribution in [0.15, 0.2) is 36.4 Å². The highest BCUT2D eigenvalue weighted by molar-refractivity contribution is 6.24. The summed E-state index contributed by atoms with van der Waals surface area (Å²) in [5.41, 5.74) is 6.92. The summed E-state index contributed by atoms with van der Waals surface area (Å²) < 4.78 is 0. The Labute approximate surface area is 103 Å². The van der Waals surface area contributed by atoms with E-state index < -0.39 is 17.3 Å². The number of benzene rings is 1. The van der Waals surface area contributed by atoms with Gasteiger partial charge in [-0.2, -0.15) is 0 Å². The summed E-state index contributed by atoms with van der Waals surface area (Å²) in [6, 6.07) is 7.46. The van der Waals surface area contributed by atoms with Crippen LogP contribution in [0.2, 0.25) is 0 Å². The smallest absolute Gasteiger partial charge is 0.324 e. The number of allylic oxidation sites excluding steroid dienone is 3. The molecular formula is C14H11NO3. The SMILES string of the molecule is NC(=O)C1(C(=O)O)CC=CC2=C1c1ccccc12. The van der Waals surface area contributed by atoms with Gasteiger partial charge in [-0.1, -0.05) is 36.4 Å². The first-order valence-corrected chi connectivity index (χ1v) is 5.63. The fraction of sp³-hybridized carbons (Fsp3) is 0.143. The third kappa shape index (κ3) is 1.05. The molecule has 1 aromatic rings. The Bertz CT molecular complexity index is 626. The lowest BCUT2D eigenvalue weighted by Gasteiger charge is -2.39. The minimum Gasteiger partial charge on any atom is -0.480 e. The molecular weight excluding hydrogens is 230 g/mol. The molecule has 2 aliphatic rings. The van der Waals surface area contributed by atoms with E-state index in [1.807, 2.05) is 30.3 Å². The molecule has 0 radical (unpaired) electrons. The van der Waals surface area contributed by atoms with Crippen LogP contribution >= 0.6 is 0 Å². The standard InChI is InChI=1S/C14H11NO3/c15-12(16)14(13(17)18)7-3-6-10-8-4-1-2-5-9(8)11(10)14/h1-6H,7H2,(H2,15,16)(H,17,18). The fourth-order valence-electron chi connectivity index (χ4n) is 2.77. The van der Waals surface area contributed by atoms with Crippen LogP contribution in [0, 0.1) is 5.41 Å². The van der Waals surface area contributed by atoms with Crippen LogP contribution in [-0.2, 0) is 9.59 Å². The quantitative estimate of drug-likeness (QED) is 0.768. The Hall–Kier alpha value is -2.36. The van der Waals surface area contributed by atoms with E-state index in [2.05, 4.69) is 0 Å². The molecule has 0 aromatic heterocycles. The molecule has 0 spiro atoms. The zero-order valence-corrected chi connectivity index (χ0v) is 9.51. The highest BCUT2D eigenvalue weighted by Crippen LogP contribution is 2.54. The molecule has 3 N–H and O–H groups in total. The van der Waals surface area contributed by atoms with Crippen molar-refractivity contribution in [1.82, 2.24) is 0 Å². The summed E-state index contributed by atoms with van der Waals surface area (Å²) in [7, 11) is 0. The molecule has 0 aliphatic heterocycles. The summed E-state index contributed by atoms with van der Waals surface area (Å²) in [5.74, 6) is -1.98. The normalized spacial score (nSPS) is 24.0. The molecule has 4 heteroatoms. The van der Waals surface area contributed by atoms with E-state index in [-0.39, 0.29) is 6.42 Å². The molecule has 1 aromatic carbocycles. The molecule has 1 amide bonds. The molecule has 0 heterocycles. The average Bonchev–Trinajstić information content (AvgIpc) is 2.34. The van der Waals surface area contributed by atoms with Crippen molar-refractivity contribution in [2.75, 3.05) is 0 Å². The topological polar surface area (TPSA) is 80.4 Å². The van der Waals surface area contributed by atoms with Gasteiger partial charge in [-0.05, 0) is 28.7 Å². The summed E-state index contributed by atoms with van der Waals surface area (Å²) in [5, 5.41) is 9.44. The Balaban J connectivity index is 2.25. The van der Waals surface area contributed by atoms with Crippen molar-refractivity contribution in [3.8, 4) is 0 Å². The predicted molar refractivity (Wildman–Crippen MR) is 66.3 cm³/mol. The van der Waals surface area contributed by atoms with Crippen LogP contribution in [0.3, 0.4) is 0 Å². The lowest BCUT2D eigenvalue weighted by atomic mass is 9.62. The number of nitrogens with two attached hydrogens (primary N) is 1. The minimum absolute atomic E-state index is 0.116. The number of carboxylic acids is 1. The predicted octanol–water partition coefficient (Wildman–Crippen LogP) is 1.43. The van der Waals surface area contributed by atoms with Crippen LogP contribution in [0.1, 0.15) is 17.5 Å². The number of carbonyl (C=O) groups excluding carboxylic acids is 1. The molecule has 0 bridgehead atoms. The third-order valence-electron chi connectivity index (χ3n) is 3.68. The van der Waals surface area contributed by atoms with Crippen LogP contribution < -0.4 is 5.73 Å². The number of rotatable bonds is 2. The first-order chi connectivity index (χ1) is 8.59. The van der Waals surface area contributed by atoms with Gasteiger partial charge in [0.1, 0.15) is 0 Å². The average molecular weight is 241 g/mol. The first kappa shape index (κ1) is 10.8. The Morgan fingerprint density at radius 3 is 2.50 bits per heavy atom. The summed E-state index contributed by atoms with van der Waals surface area (Å²) in [6.07, 6.45) is 3.68. The van der Waals surface area contributed by atoms with Gasteiger partial charge in [0.2, 0.25) is 5.91 Å². The third-order valence-corrected chi connectivity index (χ3v) is 3.68. The monoisotopic (exact) mass is 241 g/mol. The van der Waals surface area contributed by atoms with Gasteiger partial charge in [-0.15, -0.1) is 0 Å². The molecule has 0 saturated carbocycles. The maximum Gasteiger partial charge on any atom is 0.324 e. The molecule has 1 atom stereocenters. The Morgan fingerprint density at radius 1 is 1.22 bits per heavy atom. The number of fused-ring (bicyclic) bond motifs is 3. The Morgan fingerprint density at radius 2 is 1.89 bits per heavy atom. The van der Waals surface area contributed by atoms with Crippen LogP contribution in [0.25, 0.3) is 11.1 Å². The number of hydrogen-bond donors (Lipinski definition) is 2. The largest absolute Gasteiger partial charge is 0.480 e. The number of amides is 1. The highest BCUT2D eigenvalue weighted by Gasteiger charge is 2.53. The minimum atomic E-state index is -1.61. The van der Waals surface area contributed by atoms with E-state index in [0.29, 0.717) is 5.57 Å². The Kier molecular flexibility index (Phi) is 1.99. The van der Waals surface area contributed by atoms with Gasteiger partial charge in [-0.25, -0.2) is 0 Å². The van der Waals surface area contributed by atoms with Gasteiger partial charge < -0.3 is 10.8 Å². The van der Waals surface area contributed by atoms with Crippen molar-refractivity contribution < 1.29 is 14.7 Å². The maximum absolute atomic E-state index is 11.7. The molecule has 90 valence electrons. The van der Waals surface area contributed by atoms with Crippen LogP contribution in [-0.4, -0.2) is 17.0 Å². The number of primary amides is 1. The zero-order valence-electron chi connectivity index (χ0n) is 9.51. The van der Waals surface area contributed by atoms with Crippen molar-refractivity contribution in [2.24, 2.45) is 11.1 Å². The van der Waals surface area contributed by atoms with Gasteiger partial charge in [-0.3, -0.25) is 9.59 Å². The number of hydrogen-bond acceptors (Lipinski definition) is 2. The van der Waals surface area contributed by atoms with Gasteiger partial charge in [0.25, 0.3) is 0 Å². The molecule has 2 aliphatic carbocycles. The number of carbonyl (C=O) groups is 2. The van der Waals surface area contributed by atoms with E-state index in [0.717, 1.165) is 16.7 Å². The first-order valence-electron chi connectivity index (χ1n) is 5.63. The summed E-state index contributed by atoms with van der Waals surface area (Å²) in [4.78, 5) is 23.2. The number of carboxylic acid groups (broad SMARTS) is 1. The summed E-state index contributed by atoms with van der Waals surface area (Å²) in [6.45, 7) is 0. The van der Waals surface area contributed by atoms with E-state index >= 15 is 0 Å². The van der Waals surface area contributed by atoms with Crippen molar-refractivity contribution in [3.05, 3.63) is 47.5 Å². The van der Waals surface area contributed by atoms with E-state index in [1.165, 1.54) is 0 Å². The van der Waals surface area contributed by atoms with Crippen LogP contribution in [0.5, 0.6) is 0 Å². The van der Waals surface area contributed by atoms with Gasteiger partial charge in [0.15, 0.2) is 5.41 Å². The van der Waals surface area contributed by atoms with Crippen molar-refractivity contribution in [2.45, 2.75) is 6.42 Å². The molecule has 4 nitrogen and oxygen atoms in total. The van der Waals surface area contributed by atoms with Crippen LogP contribution in [0.4, 0.5) is 0 Å². The second-order valence-electron chi connectivity index (χ2n) is 4.52. The van der Waals surface area contributed by atoms with Gasteiger partial charge >= 0.3 is 5.97 Å². The van der Waals surface area contributed by atoms with E-state index in [4.69, 9.17) is 5.73 Å². The molecule has 0 saturated heterocycles. The van der Waals surface area contributed by atoms with E-state index in [9.17, 15) is 14.7 Å². The second kappa shape index (κ2) is 3.32. The molecule has 18 heavy (non-hydrogen) atoms. The molecule has 1 unspecified atom stereocenters. The van der Waals surface area contributed by atoms with E-state index in [1.54, 1.807) is 6.08 Å². The van der Waals surface area contributed by atoms with Crippen molar-refractivity contribution >= 4 is 23.0 Å². The molecule has 3 rings (SSSR count). The fourth-order valence-corrected chi connectivity index (χ4v) is 2.77. The van der Waals surface area contributed by atoms with Crippen molar-refractivity contribution in [3.63, 3.8) is 0 Å². The van der Waals surface area contributed by atoms with Gasteiger partial charge in [0, 0.05) is 0 Å². The number of aliphatic carboxylic acids is 1. The zero-order chi connectivity index (χ0) is 12.9. The molecule has 0 fully saturated rings. The maximum atomic E-state index is 11.7. The summed E-state index contributed by atoms with van der Waals surface area (Å²) >= 11 is 0. The second-order valence-corrected chi connectivity index (χ2v) is 4.52.